The Hall–Kier alpha value is -3.76. The van der Waals surface area contributed by atoms with Gasteiger partial charge in [0.25, 0.3) is 0 Å². The van der Waals surface area contributed by atoms with Crippen LogP contribution >= 0.6 is 0 Å². The molecule has 1 aliphatic rings. The molecule has 2 unspecified atom stereocenters. The number of aromatic nitrogens is 5. The average molecular weight is 450 g/mol. The van der Waals surface area contributed by atoms with Gasteiger partial charge in [0.05, 0.1) is 7.11 Å². The van der Waals surface area contributed by atoms with Crippen molar-refractivity contribution in [3.05, 3.63) is 71.8 Å². The molecule has 172 valence electrons. The van der Waals surface area contributed by atoms with Crippen molar-refractivity contribution in [2.24, 2.45) is 0 Å². The molecule has 0 amide bonds. The van der Waals surface area contributed by atoms with Crippen LogP contribution < -0.4 is 15.2 Å². The standard InChI is InChI=1S/C23H26N6O4/c1-30-17-7-4-15(5-8-17)13-33-22-12-20(25-14-26-22)29-21(27-23(24)28-29)11-16-6-9-18(31-2)19(10-16)32-3/h4-10,12,14,18-19H,11,13H2,1-3H3,(H2,24,28). The van der Waals surface area contributed by atoms with Crippen molar-refractivity contribution in [1.82, 2.24) is 24.7 Å². The Labute approximate surface area is 191 Å². The minimum Gasteiger partial charge on any atom is -0.497 e. The normalized spacial score (nSPS) is 17.6. The highest BCUT2D eigenvalue weighted by Gasteiger charge is 2.22. The van der Waals surface area contributed by atoms with E-state index >= 15 is 0 Å². The van der Waals surface area contributed by atoms with Gasteiger partial charge in [0.15, 0.2) is 5.82 Å². The number of hydrogen-bond donors (Lipinski definition) is 1. The molecule has 2 atom stereocenters. The summed E-state index contributed by atoms with van der Waals surface area (Å²) in [5.74, 6) is 2.50. The van der Waals surface area contributed by atoms with E-state index in [2.05, 4.69) is 20.1 Å². The molecule has 3 aromatic rings. The Morgan fingerprint density at radius 3 is 2.55 bits per heavy atom. The molecule has 0 fully saturated rings. The van der Waals surface area contributed by atoms with Gasteiger partial charge in [-0.2, -0.15) is 9.67 Å². The molecule has 0 spiro atoms. The second kappa shape index (κ2) is 10.2. The SMILES string of the molecule is COc1ccc(COc2cc(-n3nc(N)nc3CC3=CC(OC)C(OC)C=C3)ncn2)cc1. The molecule has 10 nitrogen and oxygen atoms in total. The number of rotatable bonds is 9. The second-order valence-corrected chi connectivity index (χ2v) is 7.33. The van der Waals surface area contributed by atoms with Gasteiger partial charge in [-0.05, 0) is 29.3 Å². The van der Waals surface area contributed by atoms with Crippen LogP contribution in [-0.4, -0.2) is 58.3 Å². The molecule has 0 bridgehead atoms. The first-order valence-electron chi connectivity index (χ1n) is 10.3. The summed E-state index contributed by atoms with van der Waals surface area (Å²) in [6.45, 7) is 0.351. The van der Waals surface area contributed by atoms with Crippen molar-refractivity contribution in [1.29, 1.82) is 0 Å². The fraction of sp³-hybridized carbons (Fsp3) is 0.304. The quantitative estimate of drug-likeness (QED) is 0.523. The summed E-state index contributed by atoms with van der Waals surface area (Å²) in [6.07, 6.45) is 7.56. The Balaban J connectivity index is 1.50. The highest BCUT2D eigenvalue weighted by molar-refractivity contribution is 5.35. The number of nitrogen functional groups attached to an aromatic ring is 1. The van der Waals surface area contributed by atoms with Crippen molar-refractivity contribution >= 4 is 5.95 Å². The van der Waals surface area contributed by atoms with Crippen molar-refractivity contribution < 1.29 is 18.9 Å². The maximum atomic E-state index is 5.91. The van der Waals surface area contributed by atoms with Gasteiger partial charge in [0.1, 0.15) is 36.7 Å². The lowest BCUT2D eigenvalue weighted by Crippen LogP contribution is -2.28. The Morgan fingerprint density at radius 1 is 1.03 bits per heavy atom. The molecule has 2 N–H and O–H groups in total. The first-order valence-corrected chi connectivity index (χ1v) is 10.3. The molecule has 0 aliphatic heterocycles. The van der Waals surface area contributed by atoms with Crippen molar-refractivity contribution in [3.63, 3.8) is 0 Å². The lowest BCUT2D eigenvalue weighted by molar-refractivity contribution is 0.0133. The Morgan fingerprint density at radius 2 is 1.82 bits per heavy atom. The van der Waals surface area contributed by atoms with E-state index in [0.29, 0.717) is 30.5 Å². The van der Waals surface area contributed by atoms with E-state index in [0.717, 1.165) is 16.9 Å². The van der Waals surface area contributed by atoms with Crippen molar-refractivity contribution in [3.8, 4) is 17.4 Å². The van der Waals surface area contributed by atoms with Gasteiger partial charge >= 0.3 is 0 Å². The molecule has 0 radical (unpaired) electrons. The molecule has 1 aliphatic carbocycles. The summed E-state index contributed by atoms with van der Waals surface area (Å²) in [6, 6.07) is 9.33. The highest BCUT2D eigenvalue weighted by atomic mass is 16.5. The zero-order valence-corrected chi connectivity index (χ0v) is 18.7. The zero-order valence-electron chi connectivity index (χ0n) is 18.7. The van der Waals surface area contributed by atoms with Crippen LogP contribution in [0, 0.1) is 0 Å². The molecule has 4 rings (SSSR count). The fourth-order valence-electron chi connectivity index (χ4n) is 3.47. The van der Waals surface area contributed by atoms with Crippen LogP contribution in [0.15, 0.2) is 60.5 Å². The summed E-state index contributed by atoms with van der Waals surface area (Å²) in [7, 11) is 4.94. The van der Waals surface area contributed by atoms with Crippen LogP contribution in [0.25, 0.3) is 5.82 Å². The van der Waals surface area contributed by atoms with Crippen LogP contribution in [0.4, 0.5) is 5.95 Å². The van der Waals surface area contributed by atoms with E-state index in [1.807, 2.05) is 42.5 Å². The maximum absolute atomic E-state index is 5.91. The number of hydrogen-bond acceptors (Lipinski definition) is 9. The van der Waals surface area contributed by atoms with E-state index in [1.54, 1.807) is 32.1 Å². The van der Waals surface area contributed by atoms with Gasteiger partial charge in [0, 0.05) is 26.7 Å². The van der Waals surface area contributed by atoms with Crippen LogP contribution in [0.2, 0.25) is 0 Å². The molecular formula is C23H26N6O4. The molecule has 10 heteroatoms. The van der Waals surface area contributed by atoms with Gasteiger partial charge in [-0.25, -0.2) is 9.97 Å². The minimum atomic E-state index is -0.180. The Bertz CT molecular complexity index is 1140. The van der Waals surface area contributed by atoms with Crippen LogP contribution in [0.3, 0.4) is 0 Å². The number of nitrogens with zero attached hydrogens (tertiary/aromatic N) is 5. The highest BCUT2D eigenvalue weighted by Crippen LogP contribution is 2.21. The third-order valence-corrected chi connectivity index (χ3v) is 5.19. The molecule has 2 aromatic heterocycles. The number of benzene rings is 1. The molecular weight excluding hydrogens is 424 g/mol. The lowest BCUT2D eigenvalue weighted by atomic mass is 9.99. The molecule has 0 saturated heterocycles. The summed E-state index contributed by atoms with van der Waals surface area (Å²) in [5.41, 5.74) is 7.90. The minimum absolute atomic E-state index is 0.131. The topological polar surface area (TPSA) is 119 Å². The smallest absolute Gasteiger partial charge is 0.240 e. The third-order valence-electron chi connectivity index (χ3n) is 5.19. The predicted molar refractivity (Wildman–Crippen MR) is 121 cm³/mol. The van der Waals surface area contributed by atoms with E-state index in [1.165, 1.54) is 6.33 Å². The van der Waals surface area contributed by atoms with Gasteiger partial charge in [-0.1, -0.05) is 24.3 Å². The molecule has 1 aromatic carbocycles. The van der Waals surface area contributed by atoms with Crippen LogP contribution in [-0.2, 0) is 22.5 Å². The zero-order chi connectivity index (χ0) is 23.2. The van der Waals surface area contributed by atoms with E-state index in [4.69, 9.17) is 24.7 Å². The summed E-state index contributed by atoms with van der Waals surface area (Å²) >= 11 is 0. The number of allylic oxidation sites excluding steroid dienone is 2. The van der Waals surface area contributed by atoms with E-state index < -0.39 is 0 Å². The average Bonchev–Trinajstić information content (AvgIpc) is 3.23. The number of nitrogens with two attached hydrogens (primary N) is 1. The molecule has 2 heterocycles. The maximum Gasteiger partial charge on any atom is 0.240 e. The summed E-state index contributed by atoms with van der Waals surface area (Å²) in [4.78, 5) is 12.9. The van der Waals surface area contributed by atoms with Crippen molar-refractivity contribution in [2.75, 3.05) is 27.1 Å². The number of anilines is 1. The predicted octanol–water partition coefficient (Wildman–Crippen LogP) is 2.30. The Kier molecular flexibility index (Phi) is 6.96. The fourth-order valence-corrected chi connectivity index (χ4v) is 3.47. The first-order chi connectivity index (χ1) is 16.1. The van der Waals surface area contributed by atoms with Gasteiger partial charge < -0.3 is 24.7 Å². The largest absolute Gasteiger partial charge is 0.497 e. The first kappa shape index (κ1) is 22.4. The lowest BCUT2D eigenvalue weighted by Gasteiger charge is -2.23. The summed E-state index contributed by atoms with van der Waals surface area (Å²) in [5, 5.41) is 4.31. The molecule has 33 heavy (non-hydrogen) atoms. The molecule has 0 saturated carbocycles. The summed E-state index contributed by atoms with van der Waals surface area (Å²) < 4.78 is 23.5. The van der Waals surface area contributed by atoms with Crippen LogP contribution in [0.5, 0.6) is 11.6 Å². The van der Waals surface area contributed by atoms with Gasteiger partial charge in [-0.15, -0.1) is 5.10 Å². The number of methoxy groups -OCH3 is 3. The number of ether oxygens (including phenoxy) is 4. The van der Waals surface area contributed by atoms with E-state index in [9.17, 15) is 0 Å². The monoisotopic (exact) mass is 450 g/mol. The van der Waals surface area contributed by atoms with Crippen LogP contribution in [0.1, 0.15) is 11.4 Å². The van der Waals surface area contributed by atoms with Gasteiger partial charge in [-0.3, -0.25) is 0 Å². The second-order valence-electron chi connectivity index (χ2n) is 7.33. The van der Waals surface area contributed by atoms with E-state index in [-0.39, 0.29) is 18.2 Å². The third kappa shape index (κ3) is 5.36. The van der Waals surface area contributed by atoms with Gasteiger partial charge in [0.2, 0.25) is 11.8 Å². The van der Waals surface area contributed by atoms with Crippen molar-refractivity contribution in [2.45, 2.75) is 25.2 Å².